The number of nitrogens with zero attached hydrogens (tertiary/aromatic N) is 5. The van der Waals surface area contributed by atoms with Crippen molar-refractivity contribution in [3.63, 3.8) is 0 Å². The van der Waals surface area contributed by atoms with Crippen LogP contribution in [0.5, 0.6) is 0 Å². The van der Waals surface area contributed by atoms with E-state index in [-0.39, 0.29) is 5.92 Å². The van der Waals surface area contributed by atoms with Gasteiger partial charge in [-0.15, -0.1) is 5.10 Å². The molecule has 1 unspecified atom stereocenters. The lowest BCUT2D eigenvalue weighted by Gasteiger charge is -2.50. The Morgan fingerprint density at radius 1 is 1.10 bits per heavy atom. The Labute approximate surface area is 173 Å². The van der Waals surface area contributed by atoms with Crippen LogP contribution in [0.1, 0.15) is 50.6 Å². The maximum Gasteiger partial charge on any atom is 0.227 e. The summed E-state index contributed by atoms with van der Waals surface area (Å²) in [7, 11) is 0. The first kappa shape index (κ1) is 19.5. The predicted octanol–water partition coefficient (Wildman–Crippen LogP) is 1.97. The number of rotatable bonds is 5. The van der Waals surface area contributed by atoms with Crippen molar-refractivity contribution < 1.29 is 9.53 Å². The van der Waals surface area contributed by atoms with Crippen molar-refractivity contribution in [2.24, 2.45) is 17.8 Å². The van der Waals surface area contributed by atoms with Crippen LogP contribution in [-0.2, 0) is 22.5 Å². The number of carbonyl (C=O) groups is 1. The Balaban J connectivity index is 1.16. The minimum absolute atomic E-state index is 0.177. The Hall–Kier alpha value is -1.47. The van der Waals surface area contributed by atoms with E-state index in [1.807, 2.05) is 4.90 Å². The minimum Gasteiger partial charge on any atom is -0.378 e. The van der Waals surface area contributed by atoms with Gasteiger partial charge in [0.25, 0.3) is 0 Å². The number of hydrogen-bond acceptors (Lipinski definition) is 5. The molecular weight excluding hydrogens is 366 g/mol. The van der Waals surface area contributed by atoms with E-state index in [1.54, 1.807) is 0 Å². The lowest BCUT2D eigenvalue weighted by Crippen LogP contribution is -2.59. The Morgan fingerprint density at radius 2 is 1.93 bits per heavy atom. The van der Waals surface area contributed by atoms with E-state index >= 15 is 0 Å². The summed E-state index contributed by atoms with van der Waals surface area (Å²) in [6.07, 6.45) is 12.4. The summed E-state index contributed by atoms with van der Waals surface area (Å²) in [5.41, 5.74) is 1.16. The average Bonchev–Trinajstić information content (AvgIpc) is 3.21. The Bertz CT molecular complexity index is 695. The number of amides is 1. The van der Waals surface area contributed by atoms with Crippen LogP contribution < -0.4 is 0 Å². The lowest BCUT2D eigenvalue weighted by molar-refractivity contribution is -0.148. The van der Waals surface area contributed by atoms with Gasteiger partial charge in [-0.05, 0) is 37.6 Å². The quantitative estimate of drug-likeness (QED) is 0.755. The highest BCUT2D eigenvalue weighted by Crippen LogP contribution is 2.38. The third-order valence-corrected chi connectivity index (χ3v) is 7.72. The minimum atomic E-state index is 0.177. The van der Waals surface area contributed by atoms with Gasteiger partial charge in [-0.25, -0.2) is 0 Å². The molecule has 5 fully saturated rings. The highest BCUT2D eigenvalue weighted by atomic mass is 16.5. The molecule has 1 amide bonds. The molecule has 0 radical (unpaired) electrons. The van der Waals surface area contributed by atoms with Crippen LogP contribution in [0.3, 0.4) is 0 Å². The van der Waals surface area contributed by atoms with Crippen LogP contribution in [0.2, 0.25) is 0 Å². The van der Waals surface area contributed by atoms with Gasteiger partial charge in [0.05, 0.1) is 31.4 Å². The molecule has 4 aliphatic heterocycles. The van der Waals surface area contributed by atoms with Crippen molar-refractivity contribution in [2.45, 2.75) is 64.0 Å². The molecule has 1 aliphatic carbocycles. The van der Waals surface area contributed by atoms with Crippen molar-refractivity contribution in [3.05, 3.63) is 11.9 Å². The molecule has 7 nitrogen and oxygen atoms in total. The lowest BCUT2D eigenvalue weighted by atomic mass is 9.75. The first-order valence-electron chi connectivity index (χ1n) is 11.8. The molecule has 7 heteroatoms. The number of piperidine rings is 3. The largest absolute Gasteiger partial charge is 0.378 e. The molecule has 5 aliphatic rings. The van der Waals surface area contributed by atoms with E-state index in [4.69, 9.17) is 4.74 Å². The Morgan fingerprint density at radius 3 is 2.69 bits per heavy atom. The van der Waals surface area contributed by atoms with E-state index < -0.39 is 0 Å². The van der Waals surface area contributed by atoms with E-state index in [2.05, 4.69) is 26.1 Å². The van der Waals surface area contributed by atoms with Crippen molar-refractivity contribution in [2.75, 3.05) is 39.4 Å². The normalized spacial score (nSPS) is 33.2. The molecule has 29 heavy (non-hydrogen) atoms. The van der Waals surface area contributed by atoms with Crippen molar-refractivity contribution in [3.8, 4) is 0 Å². The van der Waals surface area contributed by atoms with E-state index in [1.165, 1.54) is 32.1 Å². The number of fused-ring (bicyclic) bond motifs is 3. The maximum atomic E-state index is 13.0. The highest BCUT2D eigenvalue weighted by Gasteiger charge is 2.44. The second kappa shape index (κ2) is 8.72. The van der Waals surface area contributed by atoms with Gasteiger partial charge < -0.3 is 9.64 Å². The van der Waals surface area contributed by atoms with Gasteiger partial charge in [0, 0.05) is 31.9 Å². The molecule has 4 atom stereocenters. The summed E-state index contributed by atoms with van der Waals surface area (Å²) in [5.74, 6) is 1.86. The molecule has 4 saturated heterocycles. The van der Waals surface area contributed by atoms with E-state index in [0.29, 0.717) is 31.1 Å². The zero-order chi connectivity index (χ0) is 19.6. The van der Waals surface area contributed by atoms with Gasteiger partial charge in [-0.3, -0.25) is 14.4 Å². The first-order chi connectivity index (χ1) is 14.3. The van der Waals surface area contributed by atoms with E-state index in [0.717, 1.165) is 63.6 Å². The monoisotopic (exact) mass is 401 g/mol. The molecule has 6 rings (SSSR count). The summed E-state index contributed by atoms with van der Waals surface area (Å²) in [6.45, 7) is 5.83. The van der Waals surface area contributed by atoms with Crippen LogP contribution in [0.15, 0.2) is 6.20 Å². The second-order valence-corrected chi connectivity index (χ2v) is 9.62. The van der Waals surface area contributed by atoms with Gasteiger partial charge >= 0.3 is 0 Å². The zero-order valence-corrected chi connectivity index (χ0v) is 17.5. The third kappa shape index (κ3) is 4.36. The second-order valence-electron chi connectivity index (χ2n) is 9.62. The van der Waals surface area contributed by atoms with Crippen LogP contribution in [0.4, 0.5) is 0 Å². The Kier molecular flexibility index (Phi) is 5.86. The van der Waals surface area contributed by atoms with Crippen LogP contribution in [0.25, 0.3) is 0 Å². The summed E-state index contributed by atoms with van der Waals surface area (Å²) in [5, 5.41) is 8.90. The van der Waals surface area contributed by atoms with Crippen molar-refractivity contribution >= 4 is 5.91 Å². The maximum absolute atomic E-state index is 13.0. The highest BCUT2D eigenvalue weighted by molar-refractivity contribution is 5.79. The molecule has 5 heterocycles. The van der Waals surface area contributed by atoms with Gasteiger partial charge in [-0.2, -0.15) is 0 Å². The molecule has 1 saturated carbocycles. The first-order valence-corrected chi connectivity index (χ1v) is 11.8. The molecule has 0 N–H and O–H groups in total. The van der Waals surface area contributed by atoms with Crippen LogP contribution in [-0.4, -0.2) is 76.1 Å². The van der Waals surface area contributed by atoms with Gasteiger partial charge in [-0.1, -0.05) is 37.3 Å². The number of morpholine rings is 1. The number of carbonyl (C=O) groups excluding carboxylic acids is 1. The fourth-order valence-corrected chi connectivity index (χ4v) is 6.05. The van der Waals surface area contributed by atoms with Crippen molar-refractivity contribution in [1.29, 1.82) is 0 Å². The molecule has 2 bridgehead atoms. The zero-order valence-electron chi connectivity index (χ0n) is 17.5. The van der Waals surface area contributed by atoms with Gasteiger partial charge in [0.1, 0.15) is 0 Å². The number of ether oxygens (including phenoxy) is 1. The fraction of sp³-hybridized carbons (Fsp3) is 0.864. The third-order valence-electron chi connectivity index (χ3n) is 7.72. The topological polar surface area (TPSA) is 63.5 Å². The molecule has 160 valence electrons. The predicted molar refractivity (Wildman–Crippen MR) is 109 cm³/mol. The van der Waals surface area contributed by atoms with Crippen molar-refractivity contribution in [1.82, 2.24) is 24.8 Å². The summed E-state index contributed by atoms with van der Waals surface area (Å²) < 4.78 is 7.47. The summed E-state index contributed by atoms with van der Waals surface area (Å²) in [4.78, 5) is 17.6. The molecule has 1 aromatic heterocycles. The SMILES string of the molecule is O=C([C@H]1CN2CC[C@H]1C[C@@H]2Cn1cc(CC2CCCCC2)nn1)N1CCOCC1. The van der Waals surface area contributed by atoms with Gasteiger partial charge in [0.15, 0.2) is 0 Å². The standard InChI is InChI=1S/C22H35N5O2/c28-22(25-8-10-29-11-9-25)21-16-26-7-6-18(21)13-20(26)15-27-14-19(23-24-27)12-17-4-2-1-3-5-17/h14,17-18,20-21H,1-13,15-16H2/t18-,20+,21-/m0/s1. The smallest absolute Gasteiger partial charge is 0.227 e. The molecular formula is C22H35N5O2. The van der Waals surface area contributed by atoms with E-state index in [9.17, 15) is 4.79 Å². The molecule has 0 aromatic carbocycles. The molecule has 0 spiro atoms. The molecule has 1 aromatic rings. The fourth-order valence-electron chi connectivity index (χ4n) is 6.05. The van der Waals surface area contributed by atoms with Gasteiger partial charge in [0.2, 0.25) is 5.91 Å². The summed E-state index contributed by atoms with van der Waals surface area (Å²) >= 11 is 0. The average molecular weight is 402 g/mol. The van der Waals surface area contributed by atoms with Crippen LogP contribution in [0, 0.1) is 17.8 Å². The summed E-state index contributed by atoms with van der Waals surface area (Å²) in [6, 6.07) is 0.492. The number of hydrogen-bond donors (Lipinski definition) is 0. The number of aromatic nitrogens is 3. The van der Waals surface area contributed by atoms with Crippen LogP contribution >= 0.6 is 0 Å².